The molecule has 0 spiro atoms. The van der Waals surface area contributed by atoms with E-state index in [1.54, 1.807) is 11.3 Å². The quantitative estimate of drug-likeness (QED) is 0.918. The minimum atomic E-state index is -0.140. The fourth-order valence-corrected chi connectivity index (χ4v) is 3.21. The highest BCUT2D eigenvalue weighted by Gasteiger charge is 2.21. The first-order valence-corrected chi connectivity index (χ1v) is 7.27. The molecule has 1 fully saturated rings. The molecule has 0 radical (unpaired) electrons. The summed E-state index contributed by atoms with van der Waals surface area (Å²) in [5.41, 5.74) is 7.32. The summed E-state index contributed by atoms with van der Waals surface area (Å²) in [5.74, 6) is 0.832. The molecule has 2 N–H and O–H groups in total. The summed E-state index contributed by atoms with van der Waals surface area (Å²) in [6.45, 7) is 0. The van der Waals surface area contributed by atoms with Crippen molar-refractivity contribution in [2.24, 2.45) is 11.7 Å². The molecule has 0 bridgehead atoms. The molecule has 1 unspecified atom stereocenters. The molecule has 1 aromatic carbocycles. The van der Waals surface area contributed by atoms with Crippen LogP contribution in [0.3, 0.4) is 0 Å². The summed E-state index contributed by atoms with van der Waals surface area (Å²) >= 11 is 1.67. The molecule has 94 valence electrons. The minimum Gasteiger partial charge on any atom is -0.318 e. The van der Waals surface area contributed by atoms with Crippen LogP contribution in [0.2, 0.25) is 0 Å². The molecule has 18 heavy (non-hydrogen) atoms. The van der Waals surface area contributed by atoms with E-state index < -0.39 is 0 Å². The van der Waals surface area contributed by atoms with E-state index >= 15 is 0 Å². The van der Waals surface area contributed by atoms with Gasteiger partial charge >= 0.3 is 0 Å². The fraction of sp³-hybridized carbons (Fsp3) is 0.429. The van der Waals surface area contributed by atoms with Gasteiger partial charge in [-0.3, -0.25) is 0 Å². The maximum atomic E-state index is 6.21. The highest BCUT2D eigenvalue weighted by molar-refractivity contribution is 7.11. The molecule has 3 rings (SSSR count). The molecule has 1 heterocycles. The molecule has 1 aromatic heterocycles. The number of hydrogen-bond donors (Lipinski definition) is 1. The number of nitrogens with two attached hydrogens (primary N) is 1. The van der Waals surface area contributed by atoms with Crippen LogP contribution >= 0.6 is 11.3 Å². The van der Waals surface area contributed by atoms with Crippen LogP contribution in [0, 0.1) is 5.92 Å². The van der Waals surface area contributed by atoms with E-state index in [0.717, 1.165) is 27.9 Å². The second-order valence-electron chi connectivity index (χ2n) is 4.92. The van der Waals surface area contributed by atoms with Crippen LogP contribution in [-0.2, 0) is 6.42 Å². The Morgan fingerprint density at radius 3 is 2.67 bits per heavy atom. The van der Waals surface area contributed by atoms with Crippen molar-refractivity contribution >= 4 is 11.3 Å². The van der Waals surface area contributed by atoms with Crippen LogP contribution in [0.15, 0.2) is 30.3 Å². The van der Waals surface area contributed by atoms with Gasteiger partial charge in [0.25, 0.3) is 0 Å². The Morgan fingerprint density at radius 2 is 2.00 bits per heavy atom. The highest BCUT2D eigenvalue weighted by Crippen LogP contribution is 2.31. The van der Waals surface area contributed by atoms with Gasteiger partial charge in [-0.05, 0) is 11.5 Å². The Hall–Kier alpha value is -1.26. The SMILES string of the molecule is NC(c1ccccc1)c1nnc(CC2CCC2)s1. The van der Waals surface area contributed by atoms with E-state index in [1.165, 1.54) is 19.3 Å². The van der Waals surface area contributed by atoms with Gasteiger partial charge in [-0.1, -0.05) is 60.9 Å². The van der Waals surface area contributed by atoms with Gasteiger partial charge in [-0.25, -0.2) is 0 Å². The zero-order chi connectivity index (χ0) is 12.4. The van der Waals surface area contributed by atoms with Crippen molar-refractivity contribution < 1.29 is 0 Å². The maximum Gasteiger partial charge on any atom is 0.138 e. The average molecular weight is 259 g/mol. The Balaban J connectivity index is 1.72. The smallest absolute Gasteiger partial charge is 0.138 e. The molecule has 2 aromatic rings. The minimum absolute atomic E-state index is 0.140. The summed E-state index contributed by atoms with van der Waals surface area (Å²) in [7, 11) is 0. The van der Waals surface area contributed by atoms with Gasteiger partial charge in [0.05, 0.1) is 6.04 Å². The topological polar surface area (TPSA) is 51.8 Å². The zero-order valence-electron chi connectivity index (χ0n) is 10.2. The third kappa shape index (κ3) is 2.44. The van der Waals surface area contributed by atoms with Crippen LogP contribution in [-0.4, -0.2) is 10.2 Å². The lowest BCUT2D eigenvalue weighted by Crippen LogP contribution is -2.13. The largest absolute Gasteiger partial charge is 0.318 e. The Kier molecular flexibility index (Phi) is 3.39. The number of hydrogen-bond acceptors (Lipinski definition) is 4. The van der Waals surface area contributed by atoms with Crippen molar-refractivity contribution in [1.29, 1.82) is 0 Å². The Morgan fingerprint density at radius 1 is 1.22 bits per heavy atom. The lowest BCUT2D eigenvalue weighted by molar-refractivity contribution is 0.313. The van der Waals surface area contributed by atoms with E-state index in [9.17, 15) is 0 Å². The van der Waals surface area contributed by atoms with Crippen LogP contribution < -0.4 is 5.73 Å². The van der Waals surface area contributed by atoms with Crippen molar-refractivity contribution in [2.75, 3.05) is 0 Å². The van der Waals surface area contributed by atoms with E-state index in [1.807, 2.05) is 30.3 Å². The second kappa shape index (κ2) is 5.16. The number of nitrogens with zero attached hydrogens (tertiary/aromatic N) is 2. The van der Waals surface area contributed by atoms with E-state index in [2.05, 4.69) is 10.2 Å². The molecule has 1 saturated carbocycles. The number of aromatic nitrogens is 2. The second-order valence-corrected chi connectivity index (χ2v) is 6.02. The standard InChI is InChI=1S/C14H17N3S/c15-13(11-7-2-1-3-8-11)14-17-16-12(18-14)9-10-5-4-6-10/h1-3,7-8,10,13H,4-6,9,15H2. The average Bonchev–Trinajstić information content (AvgIpc) is 2.83. The first-order chi connectivity index (χ1) is 8.83. The Labute approximate surface area is 111 Å². The van der Waals surface area contributed by atoms with Crippen LogP contribution in [0.4, 0.5) is 0 Å². The predicted molar refractivity (Wildman–Crippen MR) is 73.4 cm³/mol. The van der Waals surface area contributed by atoms with E-state index in [4.69, 9.17) is 5.73 Å². The molecule has 0 amide bonds. The van der Waals surface area contributed by atoms with Gasteiger partial charge in [0.2, 0.25) is 0 Å². The van der Waals surface area contributed by atoms with Gasteiger partial charge in [-0.15, -0.1) is 10.2 Å². The fourth-order valence-electron chi connectivity index (χ4n) is 2.22. The maximum absolute atomic E-state index is 6.21. The third-order valence-corrected chi connectivity index (χ3v) is 4.62. The van der Waals surface area contributed by atoms with Crippen LogP contribution in [0.25, 0.3) is 0 Å². The number of rotatable bonds is 4. The van der Waals surface area contributed by atoms with Crippen molar-refractivity contribution in [2.45, 2.75) is 31.7 Å². The van der Waals surface area contributed by atoms with Crippen molar-refractivity contribution in [1.82, 2.24) is 10.2 Å². The molecule has 1 aliphatic rings. The van der Waals surface area contributed by atoms with Gasteiger partial charge in [0, 0.05) is 6.42 Å². The zero-order valence-corrected chi connectivity index (χ0v) is 11.1. The summed E-state index contributed by atoms with van der Waals surface area (Å²) < 4.78 is 0. The molecule has 3 nitrogen and oxygen atoms in total. The summed E-state index contributed by atoms with van der Waals surface area (Å²) in [6, 6.07) is 9.95. The monoisotopic (exact) mass is 259 g/mol. The lowest BCUT2D eigenvalue weighted by atomic mass is 9.83. The number of benzene rings is 1. The first-order valence-electron chi connectivity index (χ1n) is 6.46. The third-order valence-electron chi connectivity index (χ3n) is 3.60. The van der Waals surface area contributed by atoms with Crippen molar-refractivity contribution in [3.05, 3.63) is 45.9 Å². The molecule has 1 atom stereocenters. The summed E-state index contributed by atoms with van der Waals surface area (Å²) in [6.07, 6.45) is 5.15. The molecule has 0 aliphatic heterocycles. The summed E-state index contributed by atoms with van der Waals surface area (Å²) in [5, 5.41) is 10.6. The van der Waals surface area contributed by atoms with E-state index in [0.29, 0.717) is 0 Å². The van der Waals surface area contributed by atoms with Gasteiger partial charge < -0.3 is 5.73 Å². The molecule has 0 saturated heterocycles. The molecular weight excluding hydrogens is 242 g/mol. The van der Waals surface area contributed by atoms with Gasteiger partial charge in [0.1, 0.15) is 10.0 Å². The Bertz CT molecular complexity index is 505. The van der Waals surface area contributed by atoms with Crippen LogP contribution in [0.5, 0.6) is 0 Å². The molecular formula is C14H17N3S. The molecule has 1 aliphatic carbocycles. The summed E-state index contributed by atoms with van der Waals surface area (Å²) in [4.78, 5) is 0. The normalized spacial score (nSPS) is 17.4. The first kappa shape index (κ1) is 11.8. The lowest BCUT2D eigenvalue weighted by Gasteiger charge is -2.23. The van der Waals surface area contributed by atoms with E-state index in [-0.39, 0.29) is 6.04 Å². The predicted octanol–water partition coefficient (Wildman–Crippen LogP) is 2.93. The van der Waals surface area contributed by atoms with Crippen molar-refractivity contribution in [3.8, 4) is 0 Å². The molecule has 4 heteroatoms. The highest BCUT2D eigenvalue weighted by atomic mass is 32.1. The van der Waals surface area contributed by atoms with Crippen LogP contribution in [0.1, 0.15) is 40.9 Å². The van der Waals surface area contributed by atoms with Crippen molar-refractivity contribution in [3.63, 3.8) is 0 Å². The van der Waals surface area contributed by atoms with Gasteiger partial charge in [0.15, 0.2) is 0 Å². The van der Waals surface area contributed by atoms with Gasteiger partial charge in [-0.2, -0.15) is 0 Å².